The highest BCUT2D eigenvalue weighted by molar-refractivity contribution is 4.97. The van der Waals surface area contributed by atoms with E-state index in [2.05, 4.69) is 18.7 Å². The molecule has 0 bridgehead atoms. The third-order valence-electron chi connectivity index (χ3n) is 5.95. The number of nitrogens with zero attached hydrogens (tertiary/aromatic N) is 1. The highest BCUT2D eigenvalue weighted by atomic mass is 15.3. The van der Waals surface area contributed by atoms with Gasteiger partial charge in [-0.15, -0.1) is 0 Å². The summed E-state index contributed by atoms with van der Waals surface area (Å²) in [7, 11) is 0. The molecule has 0 aromatic rings. The van der Waals surface area contributed by atoms with Gasteiger partial charge in [-0.05, 0) is 51.5 Å². The van der Waals surface area contributed by atoms with Crippen LogP contribution in [-0.4, -0.2) is 29.6 Å². The zero-order chi connectivity index (χ0) is 14.4. The molecule has 118 valence electrons. The number of likely N-dealkylation sites (tertiary alicyclic amines) is 1. The normalized spacial score (nSPS) is 28.1. The van der Waals surface area contributed by atoms with Gasteiger partial charge >= 0.3 is 0 Å². The number of unbranched alkanes of at least 4 members (excludes halogenated alkanes) is 3. The monoisotopic (exact) mass is 280 g/mol. The van der Waals surface area contributed by atoms with Crippen molar-refractivity contribution in [2.75, 3.05) is 13.1 Å². The Morgan fingerprint density at radius 3 is 2.45 bits per heavy atom. The van der Waals surface area contributed by atoms with Crippen molar-refractivity contribution in [3.63, 3.8) is 0 Å². The van der Waals surface area contributed by atoms with Crippen molar-refractivity contribution in [3.05, 3.63) is 0 Å². The first-order chi connectivity index (χ1) is 9.71. The van der Waals surface area contributed by atoms with Crippen LogP contribution < -0.4 is 5.73 Å². The average Bonchev–Trinajstić information content (AvgIpc) is 3.12. The Hall–Kier alpha value is -0.0800. The van der Waals surface area contributed by atoms with Crippen molar-refractivity contribution < 1.29 is 0 Å². The quantitative estimate of drug-likeness (QED) is 0.671. The van der Waals surface area contributed by atoms with Crippen LogP contribution in [0, 0.1) is 5.92 Å². The van der Waals surface area contributed by atoms with Crippen LogP contribution in [-0.2, 0) is 0 Å². The Labute approximate surface area is 126 Å². The van der Waals surface area contributed by atoms with Gasteiger partial charge in [0.25, 0.3) is 0 Å². The first kappa shape index (κ1) is 16.3. The SMILES string of the molecule is CCCCCCC(C)(CN)N1CCCC1C1CCCC1. The highest BCUT2D eigenvalue weighted by Gasteiger charge is 2.41. The Kier molecular flexibility index (Phi) is 6.35. The summed E-state index contributed by atoms with van der Waals surface area (Å²) in [5, 5.41) is 0. The van der Waals surface area contributed by atoms with Crippen LogP contribution in [0.1, 0.15) is 84.5 Å². The lowest BCUT2D eigenvalue weighted by atomic mass is 9.88. The summed E-state index contributed by atoms with van der Waals surface area (Å²) in [4.78, 5) is 2.83. The highest BCUT2D eigenvalue weighted by Crippen LogP contribution is 2.39. The topological polar surface area (TPSA) is 29.3 Å². The summed E-state index contributed by atoms with van der Waals surface area (Å²) in [6.07, 6.45) is 15.4. The van der Waals surface area contributed by atoms with E-state index in [-0.39, 0.29) is 5.54 Å². The molecule has 1 heterocycles. The van der Waals surface area contributed by atoms with Gasteiger partial charge in [0.1, 0.15) is 0 Å². The Balaban J connectivity index is 1.93. The van der Waals surface area contributed by atoms with E-state index in [1.165, 1.54) is 77.2 Å². The molecule has 2 N–H and O–H groups in total. The van der Waals surface area contributed by atoms with Gasteiger partial charge in [0.2, 0.25) is 0 Å². The van der Waals surface area contributed by atoms with Gasteiger partial charge in [-0.1, -0.05) is 45.4 Å². The lowest BCUT2D eigenvalue weighted by Gasteiger charge is -2.44. The van der Waals surface area contributed by atoms with Gasteiger partial charge in [0.05, 0.1) is 0 Å². The van der Waals surface area contributed by atoms with Gasteiger partial charge in [0, 0.05) is 18.1 Å². The second-order valence-corrected chi connectivity index (χ2v) is 7.46. The van der Waals surface area contributed by atoms with E-state index < -0.39 is 0 Å². The molecule has 2 heteroatoms. The van der Waals surface area contributed by atoms with E-state index >= 15 is 0 Å². The van der Waals surface area contributed by atoms with E-state index in [0.29, 0.717) is 0 Å². The third-order valence-corrected chi connectivity index (χ3v) is 5.95. The van der Waals surface area contributed by atoms with E-state index in [9.17, 15) is 0 Å². The van der Waals surface area contributed by atoms with Crippen LogP contribution in [0.4, 0.5) is 0 Å². The molecular weight excluding hydrogens is 244 g/mol. The fraction of sp³-hybridized carbons (Fsp3) is 1.00. The Morgan fingerprint density at radius 2 is 1.80 bits per heavy atom. The van der Waals surface area contributed by atoms with E-state index in [1.54, 1.807) is 0 Å². The van der Waals surface area contributed by atoms with Crippen molar-refractivity contribution in [1.29, 1.82) is 0 Å². The summed E-state index contributed by atoms with van der Waals surface area (Å²) < 4.78 is 0. The van der Waals surface area contributed by atoms with Gasteiger partial charge < -0.3 is 5.73 Å². The predicted octanol–water partition coefficient (Wildman–Crippen LogP) is 4.33. The minimum Gasteiger partial charge on any atom is -0.329 e. The molecule has 1 aliphatic carbocycles. The van der Waals surface area contributed by atoms with E-state index in [0.717, 1.165) is 18.5 Å². The fourth-order valence-corrected chi connectivity index (χ4v) is 4.59. The summed E-state index contributed by atoms with van der Waals surface area (Å²) in [5.74, 6) is 0.971. The lowest BCUT2D eigenvalue weighted by Crippen LogP contribution is -2.55. The Bertz CT molecular complexity index is 273. The molecule has 2 unspecified atom stereocenters. The molecule has 2 atom stereocenters. The van der Waals surface area contributed by atoms with E-state index in [4.69, 9.17) is 5.73 Å². The summed E-state index contributed by atoms with van der Waals surface area (Å²) in [6, 6.07) is 0.845. The maximum atomic E-state index is 6.22. The van der Waals surface area contributed by atoms with Crippen LogP contribution in [0.2, 0.25) is 0 Å². The minimum absolute atomic E-state index is 0.261. The van der Waals surface area contributed by atoms with Crippen molar-refractivity contribution in [1.82, 2.24) is 4.90 Å². The third kappa shape index (κ3) is 3.76. The largest absolute Gasteiger partial charge is 0.329 e. The summed E-state index contributed by atoms with van der Waals surface area (Å²) in [6.45, 7) is 6.86. The van der Waals surface area contributed by atoms with Crippen LogP contribution in [0.25, 0.3) is 0 Å². The second kappa shape index (κ2) is 7.79. The van der Waals surface area contributed by atoms with Crippen molar-refractivity contribution in [2.45, 2.75) is 96.1 Å². The zero-order valence-electron chi connectivity index (χ0n) is 13.9. The fourth-order valence-electron chi connectivity index (χ4n) is 4.59. The molecule has 0 spiro atoms. The minimum atomic E-state index is 0.261. The van der Waals surface area contributed by atoms with Crippen molar-refractivity contribution >= 4 is 0 Å². The molecule has 0 amide bonds. The summed E-state index contributed by atoms with van der Waals surface area (Å²) >= 11 is 0. The first-order valence-corrected chi connectivity index (χ1v) is 9.18. The zero-order valence-corrected chi connectivity index (χ0v) is 13.9. The lowest BCUT2D eigenvalue weighted by molar-refractivity contribution is 0.0581. The van der Waals surface area contributed by atoms with Gasteiger partial charge in [-0.25, -0.2) is 0 Å². The summed E-state index contributed by atoms with van der Waals surface area (Å²) in [5.41, 5.74) is 6.48. The molecule has 1 saturated heterocycles. The van der Waals surface area contributed by atoms with Crippen LogP contribution in [0.15, 0.2) is 0 Å². The number of rotatable bonds is 8. The number of hydrogen-bond acceptors (Lipinski definition) is 2. The van der Waals surface area contributed by atoms with Crippen LogP contribution in [0.5, 0.6) is 0 Å². The van der Waals surface area contributed by atoms with Crippen LogP contribution in [0.3, 0.4) is 0 Å². The molecule has 0 aromatic carbocycles. The maximum absolute atomic E-state index is 6.22. The molecule has 2 aliphatic rings. The molecule has 2 nitrogen and oxygen atoms in total. The average molecular weight is 280 g/mol. The molecule has 2 fully saturated rings. The van der Waals surface area contributed by atoms with Gasteiger partial charge in [-0.3, -0.25) is 4.90 Å². The molecular formula is C18H36N2. The van der Waals surface area contributed by atoms with E-state index in [1.807, 2.05) is 0 Å². The standard InChI is InChI=1S/C18H36N2/c1-3-4-5-8-13-18(2,15-19)20-14-9-12-17(20)16-10-6-7-11-16/h16-17H,3-15,19H2,1-2H3. The molecule has 20 heavy (non-hydrogen) atoms. The molecule has 1 saturated carbocycles. The maximum Gasteiger partial charge on any atom is 0.0306 e. The molecule has 0 radical (unpaired) electrons. The number of nitrogens with two attached hydrogens (primary N) is 1. The van der Waals surface area contributed by atoms with Crippen LogP contribution >= 0.6 is 0 Å². The molecule has 2 rings (SSSR count). The van der Waals surface area contributed by atoms with Gasteiger partial charge in [0.15, 0.2) is 0 Å². The Morgan fingerprint density at radius 1 is 1.05 bits per heavy atom. The first-order valence-electron chi connectivity index (χ1n) is 9.18. The van der Waals surface area contributed by atoms with Gasteiger partial charge in [-0.2, -0.15) is 0 Å². The predicted molar refractivity (Wildman–Crippen MR) is 87.9 cm³/mol. The molecule has 0 aromatic heterocycles. The second-order valence-electron chi connectivity index (χ2n) is 7.46. The van der Waals surface area contributed by atoms with Crippen molar-refractivity contribution in [3.8, 4) is 0 Å². The van der Waals surface area contributed by atoms with Crippen molar-refractivity contribution in [2.24, 2.45) is 11.7 Å². The number of hydrogen-bond donors (Lipinski definition) is 1. The smallest absolute Gasteiger partial charge is 0.0306 e. The molecule has 1 aliphatic heterocycles.